The van der Waals surface area contributed by atoms with Crippen LogP contribution in [0.15, 0.2) is 23.0 Å². The number of furan rings is 1. The molecule has 0 radical (unpaired) electrons. The van der Waals surface area contributed by atoms with E-state index in [4.69, 9.17) is 9.15 Å². The molecule has 1 aliphatic heterocycles. The molecule has 0 aromatic carbocycles. The fourth-order valence-electron chi connectivity index (χ4n) is 2.12. The van der Waals surface area contributed by atoms with E-state index in [-0.39, 0.29) is 0 Å². The summed E-state index contributed by atoms with van der Waals surface area (Å²) in [5, 5.41) is 3.61. The normalized spacial score (nSPS) is 28.9. The highest BCUT2D eigenvalue weighted by Gasteiger charge is 2.21. The topological polar surface area (TPSA) is 34.4 Å². The molecule has 1 fully saturated rings. The summed E-state index contributed by atoms with van der Waals surface area (Å²) in [6.07, 6.45) is 6.11. The number of rotatable bonds is 3. The van der Waals surface area contributed by atoms with Crippen molar-refractivity contribution in [2.75, 3.05) is 6.61 Å². The predicted molar refractivity (Wildman–Crippen MR) is 58.7 cm³/mol. The van der Waals surface area contributed by atoms with Crippen molar-refractivity contribution in [3.63, 3.8) is 0 Å². The third-order valence-corrected chi connectivity index (χ3v) is 3.01. The largest absolute Gasteiger partial charge is 0.472 e. The van der Waals surface area contributed by atoms with Crippen molar-refractivity contribution in [2.45, 2.75) is 44.9 Å². The van der Waals surface area contributed by atoms with Gasteiger partial charge in [0.15, 0.2) is 0 Å². The third-order valence-electron chi connectivity index (χ3n) is 3.01. The second-order valence-electron chi connectivity index (χ2n) is 4.35. The second kappa shape index (κ2) is 4.81. The van der Waals surface area contributed by atoms with Crippen LogP contribution in [0.3, 0.4) is 0 Å². The van der Waals surface area contributed by atoms with Gasteiger partial charge in [0.25, 0.3) is 0 Å². The average molecular weight is 209 g/mol. The van der Waals surface area contributed by atoms with Crippen LogP contribution in [0.4, 0.5) is 0 Å². The Morgan fingerprint density at radius 2 is 2.40 bits per heavy atom. The Kier molecular flexibility index (Phi) is 3.44. The Morgan fingerprint density at radius 1 is 1.53 bits per heavy atom. The molecule has 3 unspecified atom stereocenters. The molecule has 0 saturated carbocycles. The van der Waals surface area contributed by atoms with Gasteiger partial charge in [-0.2, -0.15) is 0 Å². The van der Waals surface area contributed by atoms with Crippen molar-refractivity contribution in [1.29, 1.82) is 0 Å². The Labute approximate surface area is 90.8 Å². The van der Waals surface area contributed by atoms with Gasteiger partial charge in [0.2, 0.25) is 0 Å². The van der Waals surface area contributed by atoms with Crippen molar-refractivity contribution >= 4 is 0 Å². The van der Waals surface area contributed by atoms with Gasteiger partial charge in [-0.25, -0.2) is 0 Å². The predicted octanol–water partition coefficient (Wildman–Crippen LogP) is 2.50. The molecule has 0 spiro atoms. The first-order valence-corrected chi connectivity index (χ1v) is 5.65. The third kappa shape index (κ3) is 2.83. The summed E-state index contributed by atoms with van der Waals surface area (Å²) in [6.45, 7) is 5.18. The molecule has 1 aromatic heterocycles. The van der Waals surface area contributed by atoms with Gasteiger partial charge in [0.05, 0.1) is 18.6 Å². The molecule has 1 aromatic rings. The molecule has 3 nitrogen and oxygen atoms in total. The van der Waals surface area contributed by atoms with E-state index in [1.165, 1.54) is 5.56 Å². The first kappa shape index (κ1) is 10.7. The minimum Gasteiger partial charge on any atom is -0.472 e. The van der Waals surface area contributed by atoms with E-state index < -0.39 is 0 Å². The standard InChI is InChI=1S/C12H19NO2/c1-9-7-12(4-6-15-9)13-10(2)11-3-5-14-8-11/h3,5,8-10,12-13H,4,6-7H2,1-2H3. The lowest BCUT2D eigenvalue weighted by molar-refractivity contribution is 0.0116. The zero-order valence-electron chi connectivity index (χ0n) is 9.40. The van der Waals surface area contributed by atoms with E-state index >= 15 is 0 Å². The summed E-state index contributed by atoms with van der Waals surface area (Å²) in [5.74, 6) is 0. The zero-order valence-corrected chi connectivity index (χ0v) is 9.40. The Morgan fingerprint density at radius 3 is 3.07 bits per heavy atom. The lowest BCUT2D eigenvalue weighted by Crippen LogP contribution is -2.39. The first-order chi connectivity index (χ1) is 7.25. The average Bonchev–Trinajstić information content (AvgIpc) is 2.70. The number of ether oxygens (including phenoxy) is 1. The molecule has 0 amide bonds. The van der Waals surface area contributed by atoms with E-state index in [0.29, 0.717) is 18.2 Å². The Balaban J connectivity index is 1.86. The second-order valence-corrected chi connectivity index (χ2v) is 4.35. The molecular formula is C12H19NO2. The van der Waals surface area contributed by atoms with Crippen LogP contribution in [0, 0.1) is 0 Å². The molecule has 1 aliphatic rings. The van der Waals surface area contributed by atoms with Gasteiger partial charge in [-0.15, -0.1) is 0 Å². The van der Waals surface area contributed by atoms with E-state index in [1.807, 2.05) is 6.07 Å². The minimum absolute atomic E-state index is 0.360. The highest BCUT2D eigenvalue weighted by atomic mass is 16.5. The summed E-state index contributed by atoms with van der Waals surface area (Å²) in [5.41, 5.74) is 1.22. The van der Waals surface area contributed by atoms with E-state index in [0.717, 1.165) is 19.4 Å². The van der Waals surface area contributed by atoms with Gasteiger partial charge in [0.1, 0.15) is 0 Å². The van der Waals surface area contributed by atoms with Crippen LogP contribution in [0.25, 0.3) is 0 Å². The van der Waals surface area contributed by atoms with Gasteiger partial charge in [-0.1, -0.05) is 0 Å². The Bertz CT molecular complexity index is 284. The lowest BCUT2D eigenvalue weighted by atomic mass is 10.0. The first-order valence-electron chi connectivity index (χ1n) is 5.65. The Hall–Kier alpha value is -0.800. The van der Waals surface area contributed by atoms with Crippen LogP contribution in [-0.2, 0) is 4.74 Å². The van der Waals surface area contributed by atoms with Crippen molar-refractivity contribution < 1.29 is 9.15 Å². The SMILES string of the molecule is CC1CC(NC(C)c2ccoc2)CCO1. The summed E-state index contributed by atoms with van der Waals surface area (Å²) in [4.78, 5) is 0. The van der Waals surface area contributed by atoms with E-state index in [9.17, 15) is 0 Å². The number of nitrogens with one attached hydrogen (secondary N) is 1. The minimum atomic E-state index is 0.360. The maximum Gasteiger partial charge on any atom is 0.0950 e. The fourth-order valence-corrected chi connectivity index (χ4v) is 2.12. The molecule has 1 saturated heterocycles. The monoisotopic (exact) mass is 209 g/mol. The van der Waals surface area contributed by atoms with E-state index in [1.54, 1.807) is 12.5 Å². The van der Waals surface area contributed by atoms with Gasteiger partial charge in [0, 0.05) is 24.3 Å². The van der Waals surface area contributed by atoms with Crippen molar-refractivity contribution in [1.82, 2.24) is 5.32 Å². The molecule has 2 rings (SSSR count). The molecule has 0 aliphatic carbocycles. The quantitative estimate of drug-likeness (QED) is 0.830. The van der Waals surface area contributed by atoms with E-state index in [2.05, 4.69) is 19.2 Å². The van der Waals surface area contributed by atoms with Crippen molar-refractivity contribution in [2.24, 2.45) is 0 Å². The fraction of sp³-hybridized carbons (Fsp3) is 0.667. The summed E-state index contributed by atoms with van der Waals surface area (Å²) >= 11 is 0. The van der Waals surface area contributed by atoms with Crippen molar-refractivity contribution in [3.05, 3.63) is 24.2 Å². The molecule has 0 bridgehead atoms. The van der Waals surface area contributed by atoms with Gasteiger partial charge in [-0.05, 0) is 32.8 Å². The molecule has 15 heavy (non-hydrogen) atoms. The smallest absolute Gasteiger partial charge is 0.0950 e. The van der Waals surface area contributed by atoms with Gasteiger partial charge >= 0.3 is 0 Å². The highest BCUT2D eigenvalue weighted by molar-refractivity contribution is 5.10. The zero-order chi connectivity index (χ0) is 10.7. The van der Waals surface area contributed by atoms with Crippen LogP contribution in [0.1, 0.15) is 38.3 Å². The molecule has 1 N–H and O–H groups in total. The van der Waals surface area contributed by atoms with Crippen LogP contribution < -0.4 is 5.32 Å². The molecule has 3 atom stereocenters. The molecule has 2 heterocycles. The van der Waals surface area contributed by atoms with Crippen LogP contribution in [0.5, 0.6) is 0 Å². The number of hydrogen-bond acceptors (Lipinski definition) is 3. The van der Waals surface area contributed by atoms with Gasteiger partial charge < -0.3 is 14.5 Å². The maximum absolute atomic E-state index is 5.52. The molecular weight excluding hydrogens is 190 g/mol. The summed E-state index contributed by atoms with van der Waals surface area (Å²) < 4.78 is 10.6. The summed E-state index contributed by atoms with van der Waals surface area (Å²) in [7, 11) is 0. The van der Waals surface area contributed by atoms with Gasteiger partial charge in [-0.3, -0.25) is 0 Å². The summed E-state index contributed by atoms with van der Waals surface area (Å²) in [6, 6.07) is 2.94. The van der Waals surface area contributed by atoms with Crippen molar-refractivity contribution in [3.8, 4) is 0 Å². The molecule has 84 valence electrons. The maximum atomic E-state index is 5.52. The van der Waals surface area contributed by atoms with Crippen LogP contribution in [0.2, 0.25) is 0 Å². The number of hydrogen-bond donors (Lipinski definition) is 1. The lowest BCUT2D eigenvalue weighted by Gasteiger charge is -2.30. The van der Waals surface area contributed by atoms with Crippen LogP contribution >= 0.6 is 0 Å². The highest BCUT2D eigenvalue weighted by Crippen LogP contribution is 2.18. The van der Waals surface area contributed by atoms with Crippen LogP contribution in [-0.4, -0.2) is 18.8 Å². The molecule has 3 heteroatoms.